The Labute approximate surface area is 131 Å². The molecule has 0 bridgehead atoms. The second-order valence-corrected chi connectivity index (χ2v) is 7.51. The van der Waals surface area contributed by atoms with Crippen LogP contribution in [0.1, 0.15) is 32.3 Å². The van der Waals surface area contributed by atoms with Crippen LogP contribution in [0.4, 0.5) is 4.39 Å². The van der Waals surface area contributed by atoms with Gasteiger partial charge in [-0.3, -0.25) is 0 Å². The highest BCUT2D eigenvalue weighted by Crippen LogP contribution is 2.23. The van der Waals surface area contributed by atoms with Crippen molar-refractivity contribution in [3.63, 3.8) is 0 Å². The van der Waals surface area contributed by atoms with Crippen LogP contribution in [0, 0.1) is 11.7 Å². The molecular weight excluding hydrogens is 315 g/mol. The SMILES string of the molecule is CNCc1cc(Cl)cc(S(=O)(=O)NCCCC(C)C)c1F. The van der Waals surface area contributed by atoms with Crippen LogP contribution in [0.15, 0.2) is 17.0 Å². The van der Waals surface area contributed by atoms with Crippen LogP contribution in [-0.4, -0.2) is 22.0 Å². The van der Waals surface area contributed by atoms with E-state index in [0.29, 0.717) is 12.3 Å². The second kappa shape index (κ2) is 8.08. The Morgan fingerprint density at radius 2 is 2.00 bits per heavy atom. The molecule has 7 heteroatoms. The van der Waals surface area contributed by atoms with Crippen LogP contribution in [0.5, 0.6) is 0 Å². The predicted molar refractivity (Wildman–Crippen MR) is 83.4 cm³/mol. The molecule has 0 heterocycles. The van der Waals surface area contributed by atoms with Gasteiger partial charge in [0.15, 0.2) is 0 Å². The van der Waals surface area contributed by atoms with Crippen molar-refractivity contribution in [1.82, 2.24) is 10.0 Å². The molecule has 0 aliphatic heterocycles. The van der Waals surface area contributed by atoms with Crippen molar-refractivity contribution in [3.05, 3.63) is 28.5 Å². The third-order valence-corrected chi connectivity index (χ3v) is 4.66. The third-order valence-electron chi connectivity index (χ3n) is 2.99. The molecule has 0 saturated carbocycles. The molecule has 0 atom stereocenters. The van der Waals surface area contributed by atoms with E-state index >= 15 is 0 Å². The van der Waals surface area contributed by atoms with E-state index in [4.69, 9.17) is 11.6 Å². The van der Waals surface area contributed by atoms with Gasteiger partial charge in [-0.25, -0.2) is 17.5 Å². The maximum Gasteiger partial charge on any atom is 0.243 e. The number of nitrogens with one attached hydrogen (secondary N) is 2. The maximum atomic E-state index is 14.3. The van der Waals surface area contributed by atoms with Gasteiger partial charge in [-0.2, -0.15) is 0 Å². The molecule has 120 valence electrons. The highest BCUT2D eigenvalue weighted by Gasteiger charge is 2.21. The monoisotopic (exact) mass is 336 g/mol. The lowest BCUT2D eigenvalue weighted by molar-refractivity contribution is 0.529. The summed E-state index contributed by atoms with van der Waals surface area (Å²) in [5.74, 6) is -0.259. The summed E-state index contributed by atoms with van der Waals surface area (Å²) < 4.78 is 41.0. The molecule has 0 unspecified atom stereocenters. The quantitative estimate of drug-likeness (QED) is 0.718. The highest BCUT2D eigenvalue weighted by molar-refractivity contribution is 7.89. The van der Waals surface area contributed by atoms with Crippen LogP contribution in [0.25, 0.3) is 0 Å². The highest BCUT2D eigenvalue weighted by atomic mass is 35.5. The number of hydrogen-bond donors (Lipinski definition) is 2. The van der Waals surface area contributed by atoms with E-state index in [1.807, 2.05) is 0 Å². The van der Waals surface area contributed by atoms with Crippen molar-refractivity contribution >= 4 is 21.6 Å². The first-order chi connectivity index (χ1) is 9.77. The third kappa shape index (κ3) is 5.54. The zero-order chi connectivity index (χ0) is 16.0. The Kier molecular flexibility index (Phi) is 7.06. The lowest BCUT2D eigenvalue weighted by Crippen LogP contribution is -2.26. The van der Waals surface area contributed by atoms with Gasteiger partial charge in [0.1, 0.15) is 10.7 Å². The lowest BCUT2D eigenvalue weighted by atomic mass is 10.1. The zero-order valence-corrected chi connectivity index (χ0v) is 14.1. The van der Waals surface area contributed by atoms with Gasteiger partial charge in [0.25, 0.3) is 0 Å². The van der Waals surface area contributed by atoms with Crippen LogP contribution in [-0.2, 0) is 16.6 Å². The van der Waals surface area contributed by atoms with Crippen molar-refractivity contribution < 1.29 is 12.8 Å². The number of benzene rings is 1. The summed E-state index contributed by atoms with van der Waals surface area (Å²) in [5, 5.41) is 2.98. The first-order valence-corrected chi connectivity index (χ1v) is 8.76. The van der Waals surface area contributed by atoms with Gasteiger partial charge < -0.3 is 5.32 Å². The van der Waals surface area contributed by atoms with Crippen LogP contribution in [0.3, 0.4) is 0 Å². The van der Waals surface area contributed by atoms with E-state index in [1.54, 1.807) is 7.05 Å². The molecule has 0 fully saturated rings. The molecule has 4 nitrogen and oxygen atoms in total. The van der Waals surface area contributed by atoms with Gasteiger partial charge in [0, 0.05) is 23.7 Å². The summed E-state index contributed by atoms with van der Waals surface area (Å²) in [6.07, 6.45) is 1.62. The van der Waals surface area contributed by atoms with E-state index in [-0.39, 0.29) is 23.7 Å². The summed E-state index contributed by atoms with van der Waals surface area (Å²) in [6, 6.07) is 2.56. The van der Waals surface area contributed by atoms with E-state index < -0.39 is 20.7 Å². The first kappa shape index (κ1) is 18.4. The van der Waals surface area contributed by atoms with Crippen molar-refractivity contribution in [2.24, 2.45) is 5.92 Å². The standard InChI is InChI=1S/C14H22ClFN2O2S/c1-10(2)5-4-6-18-21(19,20)13-8-12(15)7-11(9-17-3)14(13)16/h7-8,10,17-18H,4-6,9H2,1-3H3. The van der Waals surface area contributed by atoms with Crippen molar-refractivity contribution in [1.29, 1.82) is 0 Å². The minimum atomic E-state index is -3.89. The number of hydrogen-bond acceptors (Lipinski definition) is 3. The molecule has 0 aliphatic carbocycles. The van der Waals surface area contributed by atoms with E-state index in [1.165, 1.54) is 6.07 Å². The van der Waals surface area contributed by atoms with Crippen molar-refractivity contribution in [2.75, 3.05) is 13.6 Å². The fourth-order valence-electron chi connectivity index (χ4n) is 1.93. The Morgan fingerprint density at radius 1 is 1.33 bits per heavy atom. The minimum absolute atomic E-state index is 0.198. The summed E-state index contributed by atoms with van der Waals surface area (Å²) in [4.78, 5) is -0.398. The molecule has 1 rings (SSSR count). The molecular formula is C14H22ClFN2O2S. The second-order valence-electron chi connectivity index (χ2n) is 5.34. The van der Waals surface area contributed by atoms with Gasteiger partial charge in [-0.05, 0) is 37.9 Å². The van der Waals surface area contributed by atoms with Crippen molar-refractivity contribution in [2.45, 2.75) is 38.1 Å². The molecule has 0 aliphatic rings. The molecule has 0 saturated heterocycles. The molecule has 2 N–H and O–H groups in total. The van der Waals surface area contributed by atoms with E-state index in [2.05, 4.69) is 23.9 Å². The van der Waals surface area contributed by atoms with Gasteiger partial charge in [0.05, 0.1) is 0 Å². The number of sulfonamides is 1. The van der Waals surface area contributed by atoms with Gasteiger partial charge in [0.2, 0.25) is 10.0 Å². The fourth-order valence-corrected chi connectivity index (χ4v) is 3.45. The van der Waals surface area contributed by atoms with Crippen LogP contribution in [0.2, 0.25) is 5.02 Å². The van der Waals surface area contributed by atoms with Gasteiger partial charge in [-0.1, -0.05) is 25.4 Å². The average molecular weight is 337 g/mol. The molecule has 0 spiro atoms. The first-order valence-electron chi connectivity index (χ1n) is 6.90. The number of halogens is 2. The smallest absolute Gasteiger partial charge is 0.243 e. The van der Waals surface area contributed by atoms with Gasteiger partial charge in [-0.15, -0.1) is 0 Å². The van der Waals surface area contributed by atoms with E-state index in [9.17, 15) is 12.8 Å². The normalized spacial score (nSPS) is 12.1. The predicted octanol–water partition coefficient (Wildman–Crippen LogP) is 2.91. The Hall–Kier alpha value is -0.690. The lowest BCUT2D eigenvalue weighted by Gasteiger charge is -2.12. The Morgan fingerprint density at radius 3 is 2.57 bits per heavy atom. The van der Waals surface area contributed by atoms with Gasteiger partial charge >= 0.3 is 0 Å². The Balaban J connectivity index is 2.92. The summed E-state index contributed by atoms with van der Waals surface area (Å²) in [7, 11) is -2.24. The van der Waals surface area contributed by atoms with Crippen molar-refractivity contribution in [3.8, 4) is 0 Å². The zero-order valence-electron chi connectivity index (χ0n) is 12.5. The fraction of sp³-hybridized carbons (Fsp3) is 0.571. The summed E-state index contributed by atoms with van der Waals surface area (Å²) in [6.45, 7) is 4.63. The molecule has 0 amide bonds. The molecule has 1 aromatic carbocycles. The summed E-state index contributed by atoms with van der Waals surface area (Å²) in [5.41, 5.74) is 0.229. The minimum Gasteiger partial charge on any atom is -0.316 e. The van der Waals surface area contributed by atoms with E-state index in [0.717, 1.165) is 12.5 Å². The molecule has 0 aromatic heterocycles. The molecule has 21 heavy (non-hydrogen) atoms. The maximum absolute atomic E-state index is 14.3. The average Bonchev–Trinajstić information content (AvgIpc) is 2.38. The van der Waals surface area contributed by atoms with Crippen LogP contribution >= 0.6 is 11.6 Å². The molecule has 1 aromatic rings. The summed E-state index contributed by atoms with van der Waals surface area (Å²) >= 11 is 5.88. The largest absolute Gasteiger partial charge is 0.316 e. The van der Waals surface area contributed by atoms with Crippen LogP contribution < -0.4 is 10.0 Å². The molecule has 0 radical (unpaired) electrons. The topological polar surface area (TPSA) is 58.2 Å². The Bertz CT molecular complexity index is 577. The number of rotatable bonds is 8.